The van der Waals surface area contributed by atoms with E-state index in [1.165, 1.54) is 13.0 Å². The Morgan fingerprint density at radius 2 is 1.92 bits per heavy atom. The number of hydrogen-bond donors (Lipinski definition) is 1. The molecule has 78 valence electrons. The molecule has 0 aliphatic carbocycles. The van der Waals surface area contributed by atoms with Gasteiger partial charge in [-0.3, -0.25) is 4.90 Å². The SMILES string of the molecule is CC(C)(C)N1CCC(CN)C1(C)C. The van der Waals surface area contributed by atoms with Crippen molar-refractivity contribution >= 4 is 0 Å². The summed E-state index contributed by atoms with van der Waals surface area (Å²) in [5, 5.41) is 0. The van der Waals surface area contributed by atoms with Gasteiger partial charge in [-0.1, -0.05) is 0 Å². The minimum atomic E-state index is 0.271. The van der Waals surface area contributed by atoms with Crippen molar-refractivity contribution in [2.24, 2.45) is 11.7 Å². The van der Waals surface area contributed by atoms with Crippen molar-refractivity contribution in [3.05, 3.63) is 0 Å². The summed E-state index contributed by atoms with van der Waals surface area (Å²) in [4.78, 5) is 2.58. The van der Waals surface area contributed by atoms with E-state index < -0.39 is 0 Å². The van der Waals surface area contributed by atoms with Crippen LogP contribution >= 0.6 is 0 Å². The van der Waals surface area contributed by atoms with Crippen LogP contribution in [0.25, 0.3) is 0 Å². The zero-order valence-electron chi connectivity index (χ0n) is 9.72. The maximum Gasteiger partial charge on any atom is 0.0199 e. The Kier molecular flexibility index (Phi) is 2.75. The summed E-state index contributed by atoms with van der Waals surface area (Å²) < 4.78 is 0. The Bertz CT molecular complexity index is 179. The van der Waals surface area contributed by atoms with Crippen LogP contribution in [0.2, 0.25) is 0 Å². The molecule has 1 aliphatic rings. The summed E-state index contributed by atoms with van der Waals surface area (Å²) in [7, 11) is 0. The van der Waals surface area contributed by atoms with Crippen LogP contribution in [0.1, 0.15) is 41.0 Å². The highest BCUT2D eigenvalue weighted by molar-refractivity contribution is 5.00. The topological polar surface area (TPSA) is 29.3 Å². The molecule has 1 saturated heterocycles. The second kappa shape index (κ2) is 3.25. The molecule has 1 atom stereocenters. The molecule has 1 rings (SSSR count). The number of nitrogens with zero attached hydrogens (tertiary/aromatic N) is 1. The number of nitrogens with two attached hydrogens (primary N) is 1. The molecule has 2 nitrogen and oxygen atoms in total. The summed E-state index contributed by atoms with van der Waals surface area (Å²) in [6, 6.07) is 0. The molecule has 2 N–H and O–H groups in total. The van der Waals surface area contributed by atoms with Gasteiger partial charge in [-0.2, -0.15) is 0 Å². The first-order valence-electron chi connectivity index (χ1n) is 5.28. The van der Waals surface area contributed by atoms with E-state index in [0.717, 1.165) is 6.54 Å². The molecule has 0 spiro atoms. The first-order chi connectivity index (χ1) is 5.80. The normalized spacial score (nSPS) is 29.5. The van der Waals surface area contributed by atoms with E-state index in [2.05, 4.69) is 39.5 Å². The highest BCUT2D eigenvalue weighted by Crippen LogP contribution is 2.38. The molecular formula is C11H24N2. The van der Waals surface area contributed by atoms with Crippen LogP contribution in [0.3, 0.4) is 0 Å². The maximum absolute atomic E-state index is 5.79. The third-order valence-electron chi connectivity index (χ3n) is 3.49. The van der Waals surface area contributed by atoms with E-state index in [1.807, 2.05) is 0 Å². The quantitative estimate of drug-likeness (QED) is 0.674. The van der Waals surface area contributed by atoms with E-state index >= 15 is 0 Å². The Morgan fingerprint density at radius 1 is 1.38 bits per heavy atom. The van der Waals surface area contributed by atoms with Gasteiger partial charge < -0.3 is 5.73 Å². The smallest absolute Gasteiger partial charge is 0.0199 e. The highest BCUT2D eigenvalue weighted by Gasteiger charge is 2.44. The van der Waals surface area contributed by atoms with Gasteiger partial charge in [-0.15, -0.1) is 0 Å². The summed E-state index contributed by atoms with van der Waals surface area (Å²) in [5.74, 6) is 0.659. The van der Waals surface area contributed by atoms with Crippen LogP contribution in [-0.4, -0.2) is 29.1 Å². The molecule has 0 radical (unpaired) electrons. The Balaban J connectivity index is 2.81. The van der Waals surface area contributed by atoms with E-state index in [1.54, 1.807) is 0 Å². The maximum atomic E-state index is 5.79. The minimum absolute atomic E-state index is 0.271. The van der Waals surface area contributed by atoms with Gasteiger partial charge >= 0.3 is 0 Å². The van der Waals surface area contributed by atoms with Gasteiger partial charge in [0.1, 0.15) is 0 Å². The van der Waals surface area contributed by atoms with Crippen LogP contribution in [0.4, 0.5) is 0 Å². The van der Waals surface area contributed by atoms with Crippen molar-refractivity contribution < 1.29 is 0 Å². The zero-order chi connectivity index (χ0) is 10.3. The van der Waals surface area contributed by atoms with E-state index in [4.69, 9.17) is 5.73 Å². The lowest BCUT2D eigenvalue weighted by atomic mass is 9.86. The highest BCUT2D eigenvalue weighted by atomic mass is 15.3. The van der Waals surface area contributed by atoms with Crippen molar-refractivity contribution in [3.63, 3.8) is 0 Å². The Hall–Kier alpha value is -0.0800. The van der Waals surface area contributed by atoms with Crippen molar-refractivity contribution in [2.75, 3.05) is 13.1 Å². The number of likely N-dealkylation sites (tertiary alicyclic amines) is 1. The molecule has 0 saturated carbocycles. The monoisotopic (exact) mass is 184 g/mol. The van der Waals surface area contributed by atoms with Gasteiger partial charge in [-0.25, -0.2) is 0 Å². The molecule has 13 heavy (non-hydrogen) atoms. The van der Waals surface area contributed by atoms with E-state index in [0.29, 0.717) is 5.92 Å². The molecule has 1 fully saturated rings. The van der Waals surface area contributed by atoms with E-state index in [9.17, 15) is 0 Å². The summed E-state index contributed by atoms with van der Waals surface area (Å²) >= 11 is 0. The third kappa shape index (κ3) is 1.89. The first-order valence-corrected chi connectivity index (χ1v) is 5.28. The lowest BCUT2D eigenvalue weighted by molar-refractivity contribution is 0.0488. The molecule has 0 bridgehead atoms. The van der Waals surface area contributed by atoms with Gasteiger partial charge in [0.2, 0.25) is 0 Å². The average molecular weight is 184 g/mol. The fourth-order valence-electron chi connectivity index (χ4n) is 2.75. The second-order valence-corrected chi connectivity index (χ2v) is 5.70. The van der Waals surface area contributed by atoms with Gasteiger partial charge in [-0.05, 0) is 60.0 Å². The van der Waals surface area contributed by atoms with Gasteiger partial charge in [0.15, 0.2) is 0 Å². The van der Waals surface area contributed by atoms with Gasteiger partial charge in [0.25, 0.3) is 0 Å². The van der Waals surface area contributed by atoms with Crippen LogP contribution in [0, 0.1) is 5.92 Å². The van der Waals surface area contributed by atoms with Crippen molar-refractivity contribution in [3.8, 4) is 0 Å². The minimum Gasteiger partial charge on any atom is -0.330 e. The zero-order valence-corrected chi connectivity index (χ0v) is 9.72. The molecule has 1 unspecified atom stereocenters. The third-order valence-corrected chi connectivity index (χ3v) is 3.49. The standard InChI is InChI=1S/C11H24N2/c1-10(2,3)13-7-6-9(8-12)11(13,4)5/h9H,6-8,12H2,1-5H3. The second-order valence-electron chi connectivity index (χ2n) is 5.70. The van der Waals surface area contributed by atoms with Gasteiger partial charge in [0, 0.05) is 11.1 Å². The van der Waals surface area contributed by atoms with Crippen molar-refractivity contribution in [1.82, 2.24) is 4.90 Å². The predicted octanol–water partition coefficient (Wildman–Crippen LogP) is 1.84. The lowest BCUT2D eigenvalue weighted by Crippen LogP contribution is -2.53. The molecule has 0 aromatic rings. The van der Waals surface area contributed by atoms with E-state index in [-0.39, 0.29) is 11.1 Å². The molecule has 0 aromatic carbocycles. The average Bonchev–Trinajstić information content (AvgIpc) is 2.22. The van der Waals surface area contributed by atoms with Crippen LogP contribution < -0.4 is 5.73 Å². The summed E-state index contributed by atoms with van der Waals surface area (Å²) in [5.41, 5.74) is 6.33. The predicted molar refractivity (Wildman–Crippen MR) is 57.7 cm³/mol. The van der Waals surface area contributed by atoms with Crippen LogP contribution in [0.5, 0.6) is 0 Å². The number of hydrogen-bond acceptors (Lipinski definition) is 2. The molecule has 0 amide bonds. The summed E-state index contributed by atoms with van der Waals surface area (Å²) in [6.07, 6.45) is 1.25. The fourth-order valence-corrected chi connectivity index (χ4v) is 2.75. The van der Waals surface area contributed by atoms with Crippen LogP contribution in [-0.2, 0) is 0 Å². The molecule has 1 heterocycles. The van der Waals surface area contributed by atoms with Crippen molar-refractivity contribution in [1.29, 1.82) is 0 Å². The van der Waals surface area contributed by atoms with Gasteiger partial charge in [0.05, 0.1) is 0 Å². The lowest BCUT2D eigenvalue weighted by Gasteiger charge is -2.44. The van der Waals surface area contributed by atoms with Crippen molar-refractivity contribution in [2.45, 2.75) is 52.1 Å². The Labute approximate surface area is 82.5 Å². The first kappa shape index (κ1) is 11.0. The fraction of sp³-hybridized carbons (Fsp3) is 1.00. The number of rotatable bonds is 1. The van der Waals surface area contributed by atoms with Crippen LogP contribution in [0.15, 0.2) is 0 Å². The molecular weight excluding hydrogens is 160 g/mol. The molecule has 1 aliphatic heterocycles. The Morgan fingerprint density at radius 3 is 2.15 bits per heavy atom. The largest absolute Gasteiger partial charge is 0.330 e. The summed E-state index contributed by atoms with van der Waals surface area (Å²) in [6.45, 7) is 13.5. The molecule has 0 aromatic heterocycles. The molecule has 2 heteroatoms.